The van der Waals surface area contributed by atoms with E-state index in [1.54, 1.807) is 6.07 Å². The Morgan fingerprint density at radius 1 is 1.13 bits per heavy atom. The predicted octanol–water partition coefficient (Wildman–Crippen LogP) is 1.52. The van der Waals surface area contributed by atoms with Gasteiger partial charge in [-0.3, -0.25) is 0 Å². The summed E-state index contributed by atoms with van der Waals surface area (Å²) < 4.78 is 73.2. The molecule has 1 aliphatic rings. The van der Waals surface area contributed by atoms with Crippen LogP contribution < -0.4 is 5.32 Å². The Hall–Kier alpha value is -1.26. The van der Waals surface area contributed by atoms with Crippen molar-refractivity contribution in [1.29, 1.82) is 0 Å². The molecule has 1 saturated heterocycles. The van der Waals surface area contributed by atoms with E-state index in [1.807, 2.05) is 0 Å². The Balaban J connectivity index is 2.14. The second-order valence-electron chi connectivity index (χ2n) is 5.38. The first-order valence-corrected chi connectivity index (χ1v) is 10.3. The number of sulfone groups is 1. The Kier molecular flexibility index (Phi) is 5.27. The van der Waals surface area contributed by atoms with E-state index in [0.717, 1.165) is 12.3 Å². The van der Waals surface area contributed by atoms with E-state index in [1.165, 1.54) is 16.4 Å². The number of anilines is 1. The summed E-state index contributed by atoms with van der Waals surface area (Å²) in [6.07, 6.45) is 2.07. The number of sulfonamides is 1. The summed E-state index contributed by atoms with van der Waals surface area (Å²) in [5.74, 6) is -3.49. The molecule has 23 heavy (non-hydrogen) atoms. The fourth-order valence-corrected chi connectivity index (χ4v) is 4.25. The zero-order chi connectivity index (χ0) is 17.3. The van der Waals surface area contributed by atoms with E-state index < -0.39 is 30.5 Å². The first kappa shape index (κ1) is 18.1. The van der Waals surface area contributed by atoms with Crippen LogP contribution in [0.4, 0.5) is 14.5 Å². The third-order valence-corrected chi connectivity index (χ3v) is 6.45. The summed E-state index contributed by atoms with van der Waals surface area (Å²) in [6, 6.07) is 5.32. The number of nitrogens with zero attached hydrogens (tertiary/aromatic N) is 1. The minimum Gasteiger partial charge on any atom is -0.381 e. The van der Waals surface area contributed by atoms with Crippen LogP contribution in [0.1, 0.15) is 12.8 Å². The highest BCUT2D eigenvalue weighted by Crippen LogP contribution is 2.28. The van der Waals surface area contributed by atoms with Crippen molar-refractivity contribution in [2.45, 2.75) is 29.5 Å². The van der Waals surface area contributed by atoms with Gasteiger partial charge in [-0.1, -0.05) is 12.1 Å². The summed E-state index contributed by atoms with van der Waals surface area (Å²) in [7, 11) is -7.95. The normalized spacial score (nSPS) is 18.3. The van der Waals surface area contributed by atoms with Gasteiger partial charge in [-0.2, -0.15) is 8.78 Å². The third-order valence-electron chi connectivity index (χ3n) is 3.71. The lowest BCUT2D eigenvalue weighted by atomic mass is 10.1. The lowest BCUT2D eigenvalue weighted by Gasteiger charge is -2.31. The Bertz CT molecular complexity index is 758. The van der Waals surface area contributed by atoms with Gasteiger partial charge in [0.15, 0.2) is 0 Å². The second-order valence-corrected chi connectivity index (χ2v) is 9.25. The van der Waals surface area contributed by atoms with Crippen molar-refractivity contribution in [2.24, 2.45) is 0 Å². The van der Waals surface area contributed by atoms with Gasteiger partial charge in [-0.25, -0.2) is 21.1 Å². The van der Waals surface area contributed by atoms with Crippen molar-refractivity contribution < 1.29 is 25.6 Å². The fraction of sp³-hybridized carbons (Fsp3) is 0.538. The highest BCUT2D eigenvalue weighted by molar-refractivity contribution is 7.91. The quantitative estimate of drug-likeness (QED) is 0.852. The van der Waals surface area contributed by atoms with Crippen LogP contribution in [0.15, 0.2) is 29.2 Å². The SMILES string of the molecule is CS(=O)(=O)N1CCC(Nc2ccccc2S(=O)(=O)C(F)F)CC1. The zero-order valence-electron chi connectivity index (χ0n) is 12.4. The van der Waals surface area contributed by atoms with Crippen LogP contribution in [0.3, 0.4) is 0 Å². The van der Waals surface area contributed by atoms with Crippen LogP contribution >= 0.6 is 0 Å². The molecule has 0 spiro atoms. The molecule has 0 bridgehead atoms. The molecule has 0 radical (unpaired) electrons. The Morgan fingerprint density at radius 3 is 2.22 bits per heavy atom. The van der Waals surface area contributed by atoms with Gasteiger partial charge >= 0.3 is 5.76 Å². The fourth-order valence-electron chi connectivity index (χ4n) is 2.48. The first-order chi connectivity index (χ1) is 10.6. The highest BCUT2D eigenvalue weighted by atomic mass is 32.2. The Labute approximate surface area is 134 Å². The van der Waals surface area contributed by atoms with Crippen molar-refractivity contribution in [3.05, 3.63) is 24.3 Å². The van der Waals surface area contributed by atoms with Crippen LogP contribution in [0.5, 0.6) is 0 Å². The molecule has 130 valence electrons. The molecule has 1 N–H and O–H groups in total. The highest BCUT2D eigenvalue weighted by Gasteiger charge is 2.30. The number of rotatable bonds is 5. The van der Waals surface area contributed by atoms with Crippen LogP contribution in [-0.4, -0.2) is 52.3 Å². The molecular weight excluding hydrogens is 350 g/mol. The maximum absolute atomic E-state index is 12.8. The Morgan fingerprint density at radius 2 is 1.70 bits per heavy atom. The number of piperidine rings is 1. The zero-order valence-corrected chi connectivity index (χ0v) is 14.1. The van der Waals surface area contributed by atoms with Gasteiger partial charge in [0, 0.05) is 19.1 Å². The number of hydrogen-bond acceptors (Lipinski definition) is 5. The molecule has 0 aliphatic carbocycles. The average molecular weight is 368 g/mol. The molecule has 10 heteroatoms. The summed E-state index contributed by atoms with van der Waals surface area (Å²) in [5, 5.41) is 2.95. The summed E-state index contributed by atoms with van der Waals surface area (Å²) >= 11 is 0. The number of nitrogens with one attached hydrogen (secondary N) is 1. The van der Waals surface area contributed by atoms with Gasteiger partial charge in [0.2, 0.25) is 19.9 Å². The lowest BCUT2D eigenvalue weighted by Crippen LogP contribution is -2.42. The monoisotopic (exact) mass is 368 g/mol. The maximum atomic E-state index is 12.8. The van der Waals surface area contributed by atoms with Gasteiger partial charge in [0.05, 0.1) is 16.8 Å². The van der Waals surface area contributed by atoms with E-state index in [-0.39, 0.29) is 11.7 Å². The first-order valence-electron chi connectivity index (χ1n) is 6.95. The van der Waals surface area contributed by atoms with Crippen LogP contribution in [0.25, 0.3) is 0 Å². The summed E-state index contributed by atoms with van der Waals surface area (Å²) in [5.41, 5.74) is 0.116. The smallest absolute Gasteiger partial charge is 0.341 e. The van der Waals surface area contributed by atoms with Gasteiger partial charge in [0.25, 0.3) is 0 Å². The van der Waals surface area contributed by atoms with Gasteiger partial charge < -0.3 is 5.32 Å². The van der Waals surface area contributed by atoms with Crippen LogP contribution in [0.2, 0.25) is 0 Å². The number of alkyl halides is 2. The van der Waals surface area contributed by atoms with Crippen LogP contribution in [-0.2, 0) is 19.9 Å². The van der Waals surface area contributed by atoms with E-state index in [2.05, 4.69) is 5.32 Å². The van der Waals surface area contributed by atoms with Crippen molar-refractivity contribution in [3.8, 4) is 0 Å². The van der Waals surface area contributed by atoms with E-state index in [4.69, 9.17) is 0 Å². The van der Waals surface area contributed by atoms with Crippen molar-refractivity contribution in [2.75, 3.05) is 24.7 Å². The van der Waals surface area contributed by atoms with Crippen molar-refractivity contribution >= 4 is 25.5 Å². The molecule has 6 nitrogen and oxygen atoms in total. The predicted molar refractivity (Wildman–Crippen MR) is 82.7 cm³/mol. The molecule has 0 aromatic heterocycles. The molecule has 1 aliphatic heterocycles. The average Bonchev–Trinajstić information content (AvgIpc) is 2.47. The van der Waals surface area contributed by atoms with Crippen molar-refractivity contribution in [1.82, 2.24) is 4.31 Å². The molecule has 1 fully saturated rings. The second kappa shape index (κ2) is 6.70. The van der Waals surface area contributed by atoms with E-state index in [9.17, 15) is 25.6 Å². The number of para-hydroxylation sites is 1. The van der Waals surface area contributed by atoms with Crippen LogP contribution in [0, 0.1) is 0 Å². The van der Waals surface area contributed by atoms with Gasteiger partial charge in [-0.15, -0.1) is 0 Å². The largest absolute Gasteiger partial charge is 0.381 e. The summed E-state index contributed by atoms with van der Waals surface area (Å²) in [6.45, 7) is 0.612. The lowest BCUT2D eigenvalue weighted by molar-refractivity contribution is 0.235. The van der Waals surface area contributed by atoms with Gasteiger partial charge in [-0.05, 0) is 25.0 Å². The molecule has 1 heterocycles. The molecule has 2 rings (SSSR count). The molecule has 0 saturated carbocycles. The third kappa shape index (κ3) is 4.18. The maximum Gasteiger partial charge on any atom is 0.341 e. The molecule has 1 aromatic rings. The standard InChI is InChI=1S/C13H18F2N2O4S2/c1-22(18,19)17-8-6-10(7-9-17)16-11-4-2-3-5-12(11)23(20,21)13(14)15/h2-5,10,13,16H,6-9H2,1H3. The molecule has 1 aromatic carbocycles. The molecule has 0 amide bonds. The topological polar surface area (TPSA) is 83.6 Å². The van der Waals surface area contributed by atoms with Crippen molar-refractivity contribution in [3.63, 3.8) is 0 Å². The number of benzene rings is 1. The molecule has 0 unspecified atom stereocenters. The minimum absolute atomic E-state index is 0.116. The van der Waals surface area contributed by atoms with E-state index >= 15 is 0 Å². The molecule has 0 atom stereocenters. The summed E-state index contributed by atoms with van der Waals surface area (Å²) in [4.78, 5) is -0.444. The van der Waals surface area contributed by atoms with Gasteiger partial charge in [0.1, 0.15) is 0 Å². The number of halogens is 2. The molecular formula is C13H18F2N2O4S2. The van der Waals surface area contributed by atoms with E-state index in [0.29, 0.717) is 25.9 Å². The number of hydrogen-bond donors (Lipinski definition) is 1. The minimum atomic E-state index is -4.69.